The molecule has 2 saturated heterocycles. The third-order valence-corrected chi connectivity index (χ3v) is 4.00. The van der Waals surface area contributed by atoms with Gasteiger partial charge in [0.25, 0.3) is 0 Å². The van der Waals surface area contributed by atoms with Crippen LogP contribution in [-0.2, 0) is 4.18 Å². The normalized spacial score (nSPS) is 32.0. The van der Waals surface area contributed by atoms with Crippen LogP contribution in [0.4, 0.5) is 0 Å². The van der Waals surface area contributed by atoms with Crippen molar-refractivity contribution in [1.82, 2.24) is 4.31 Å². The second-order valence-electron chi connectivity index (χ2n) is 3.87. The van der Waals surface area contributed by atoms with Gasteiger partial charge in [0.05, 0.1) is 24.9 Å². The van der Waals surface area contributed by atoms with Crippen molar-refractivity contribution in [3.8, 4) is 0 Å². The molecule has 74 valence electrons. The SMILES string of the molecule is c1ccc(C2CCN3SOCC23)cc1. The van der Waals surface area contributed by atoms with Gasteiger partial charge in [-0.15, -0.1) is 0 Å². The third kappa shape index (κ3) is 1.36. The van der Waals surface area contributed by atoms with Gasteiger partial charge in [-0.2, -0.15) is 0 Å². The molecule has 2 atom stereocenters. The van der Waals surface area contributed by atoms with Gasteiger partial charge in [-0.3, -0.25) is 4.18 Å². The van der Waals surface area contributed by atoms with Gasteiger partial charge in [0.15, 0.2) is 0 Å². The van der Waals surface area contributed by atoms with Crippen LogP contribution in [0.3, 0.4) is 0 Å². The van der Waals surface area contributed by atoms with E-state index in [1.54, 1.807) is 12.2 Å². The maximum Gasteiger partial charge on any atom is 0.0823 e. The molecule has 0 aromatic heterocycles. The zero-order chi connectivity index (χ0) is 9.38. The lowest BCUT2D eigenvalue weighted by atomic mass is 9.92. The van der Waals surface area contributed by atoms with Crippen LogP contribution in [0.25, 0.3) is 0 Å². The molecule has 2 heterocycles. The molecule has 0 saturated carbocycles. The van der Waals surface area contributed by atoms with Crippen molar-refractivity contribution in [1.29, 1.82) is 0 Å². The van der Waals surface area contributed by atoms with E-state index in [1.165, 1.54) is 12.0 Å². The van der Waals surface area contributed by atoms with E-state index in [4.69, 9.17) is 4.18 Å². The molecule has 2 unspecified atom stereocenters. The number of hydrogen-bond acceptors (Lipinski definition) is 3. The average molecular weight is 207 g/mol. The zero-order valence-electron chi connectivity index (χ0n) is 7.93. The number of fused-ring (bicyclic) bond motifs is 1. The Morgan fingerprint density at radius 2 is 2.14 bits per heavy atom. The number of rotatable bonds is 1. The second-order valence-corrected chi connectivity index (χ2v) is 4.73. The summed E-state index contributed by atoms with van der Waals surface area (Å²) in [7, 11) is 0. The molecule has 0 amide bonds. The largest absolute Gasteiger partial charge is 0.299 e. The quantitative estimate of drug-likeness (QED) is 0.518. The minimum atomic E-state index is 0.599. The Labute approximate surface area is 88.6 Å². The van der Waals surface area contributed by atoms with Crippen molar-refractivity contribution in [2.24, 2.45) is 0 Å². The van der Waals surface area contributed by atoms with Crippen LogP contribution in [0.2, 0.25) is 0 Å². The predicted molar refractivity (Wildman–Crippen MR) is 57.8 cm³/mol. The van der Waals surface area contributed by atoms with Crippen molar-refractivity contribution in [3.05, 3.63) is 35.9 Å². The van der Waals surface area contributed by atoms with E-state index in [0.29, 0.717) is 12.0 Å². The summed E-state index contributed by atoms with van der Waals surface area (Å²) in [5.41, 5.74) is 1.46. The standard InChI is InChI=1S/C11H13NOS/c1-2-4-9(5-3-1)10-6-7-12-11(10)8-13-14-12/h1-5,10-11H,6-8H2. The summed E-state index contributed by atoms with van der Waals surface area (Å²) in [6.07, 6.45) is 1.27. The van der Waals surface area contributed by atoms with E-state index in [0.717, 1.165) is 13.2 Å². The molecule has 2 aliphatic heterocycles. The van der Waals surface area contributed by atoms with Crippen molar-refractivity contribution in [3.63, 3.8) is 0 Å². The topological polar surface area (TPSA) is 12.5 Å². The highest BCUT2D eigenvalue weighted by Gasteiger charge is 2.39. The average Bonchev–Trinajstić information content (AvgIpc) is 2.79. The van der Waals surface area contributed by atoms with Gasteiger partial charge in [-0.1, -0.05) is 30.3 Å². The zero-order valence-corrected chi connectivity index (χ0v) is 8.74. The Hall–Kier alpha value is -0.510. The van der Waals surface area contributed by atoms with Gasteiger partial charge in [-0.05, 0) is 12.0 Å². The first-order valence-electron chi connectivity index (χ1n) is 5.06. The molecule has 2 fully saturated rings. The maximum absolute atomic E-state index is 5.41. The van der Waals surface area contributed by atoms with Crippen LogP contribution >= 0.6 is 12.2 Å². The fourth-order valence-corrected chi connectivity index (χ4v) is 3.21. The van der Waals surface area contributed by atoms with E-state index in [-0.39, 0.29) is 0 Å². The Balaban J connectivity index is 1.86. The lowest BCUT2D eigenvalue weighted by Gasteiger charge is -2.16. The van der Waals surface area contributed by atoms with Gasteiger partial charge in [-0.25, -0.2) is 4.31 Å². The van der Waals surface area contributed by atoms with Crippen molar-refractivity contribution < 1.29 is 4.18 Å². The minimum Gasteiger partial charge on any atom is -0.299 e. The van der Waals surface area contributed by atoms with Gasteiger partial charge >= 0.3 is 0 Å². The smallest absolute Gasteiger partial charge is 0.0823 e. The molecule has 0 radical (unpaired) electrons. The van der Waals surface area contributed by atoms with Gasteiger partial charge in [0.1, 0.15) is 0 Å². The molecule has 1 aromatic carbocycles. The molecular weight excluding hydrogens is 194 g/mol. The Morgan fingerprint density at radius 3 is 3.00 bits per heavy atom. The molecule has 0 N–H and O–H groups in total. The lowest BCUT2D eigenvalue weighted by molar-refractivity contribution is 0.328. The molecule has 0 spiro atoms. The van der Waals surface area contributed by atoms with E-state index in [2.05, 4.69) is 34.6 Å². The molecular formula is C11H13NOS. The summed E-state index contributed by atoms with van der Waals surface area (Å²) in [5.74, 6) is 0.672. The second kappa shape index (κ2) is 3.57. The number of benzene rings is 1. The summed E-state index contributed by atoms with van der Waals surface area (Å²) in [5, 5.41) is 0. The highest BCUT2D eigenvalue weighted by molar-refractivity contribution is 7.92. The van der Waals surface area contributed by atoms with Crippen LogP contribution in [0.1, 0.15) is 17.9 Å². The Kier molecular flexibility index (Phi) is 2.24. The molecule has 0 bridgehead atoms. The van der Waals surface area contributed by atoms with Gasteiger partial charge in [0, 0.05) is 12.5 Å². The van der Waals surface area contributed by atoms with Crippen molar-refractivity contribution >= 4 is 12.2 Å². The lowest BCUT2D eigenvalue weighted by Crippen LogP contribution is -2.23. The third-order valence-electron chi connectivity index (χ3n) is 3.11. The van der Waals surface area contributed by atoms with Crippen LogP contribution in [0, 0.1) is 0 Å². The summed E-state index contributed by atoms with van der Waals surface area (Å²) >= 11 is 1.54. The van der Waals surface area contributed by atoms with E-state index >= 15 is 0 Å². The first-order chi connectivity index (χ1) is 6.95. The Morgan fingerprint density at radius 1 is 1.29 bits per heavy atom. The molecule has 3 heteroatoms. The van der Waals surface area contributed by atoms with E-state index in [1.807, 2.05) is 0 Å². The highest BCUT2D eigenvalue weighted by Crippen LogP contribution is 2.41. The summed E-state index contributed by atoms with van der Waals surface area (Å²) in [4.78, 5) is 0. The number of nitrogens with zero attached hydrogens (tertiary/aromatic N) is 1. The fraction of sp³-hybridized carbons (Fsp3) is 0.455. The number of hydrogen-bond donors (Lipinski definition) is 0. The molecule has 2 aliphatic rings. The molecule has 1 aromatic rings. The highest BCUT2D eigenvalue weighted by atomic mass is 32.2. The molecule has 2 nitrogen and oxygen atoms in total. The van der Waals surface area contributed by atoms with Crippen LogP contribution < -0.4 is 0 Å². The first-order valence-corrected chi connectivity index (χ1v) is 5.76. The summed E-state index contributed by atoms with van der Waals surface area (Å²) in [6.45, 7) is 2.04. The van der Waals surface area contributed by atoms with Crippen molar-refractivity contribution in [2.75, 3.05) is 13.2 Å². The summed E-state index contributed by atoms with van der Waals surface area (Å²) in [6, 6.07) is 11.4. The first kappa shape index (κ1) is 8.77. The van der Waals surface area contributed by atoms with Gasteiger partial charge in [0.2, 0.25) is 0 Å². The van der Waals surface area contributed by atoms with Crippen LogP contribution in [0.15, 0.2) is 30.3 Å². The molecule has 3 rings (SSSR count). The fourth-order valence-electron chi connectivity index (χ4n) is 2.37. The van der Waals surface area contributed by atoms with Crippen LogP contribution in [0.5, 0.6) is 0 Å². The van der Waals surface area contributed by atoms with E-state index in [9.17, 15) is 0 Å². The molecule has 0 aliphatic carbocycles. The predicted octanol–water partition coefficient (Wildman–Crippen LogP) is 2.44. The monoisotopic (exact) mass is 207 g/mol. The van der Waals surface area contributed by atoms with Gasteiger partial charge < -0.3 is 0 Å². The summed E-state index contributed by atoms with van der Waals surface area (Å²) < 4.78 is 7.78. The van der Waals surface area contributed by atoms with Crippen LogP contribution in [-0.4, -0.2) is 23.5 Å². The molecule has 14 heavy (non-hydrogen) atoms. The Bertz CT molecular complexity index is 316. The van der Waals surface area contributed by atoms with Crippen molar-refractivity contribution in [2.45, 2.75) is 18.4 Å². The minimum absolute atomic E-state index is 0.599. The maximum atomic E-state index is 5.41. The van der Waals surface area contributed by atoms with E-state index < -0.39 is 0 Å².